The molecule has 0 aliphatic carbocycles. The quantitative estimate of drug-likeness (QED) is 0.485. The predicted molar refractivity (Wildman–Crippen MR) is 122 cm³/mol. The molecule has 172 valence electrons. The summed E-state index contributed by atoms with van der Waals surface area (Å²) in [5, 5.41) is 0. The summed E-state index contributed by atoms with van der Waals surface area (Å²) in [5.74, 6) is -0.0597. The van der Waals surface area contributed by atoms with E-state index in [9.17, 15) is 18.0 Å². The Kier molecular flexibility index (Phi) is 7.11. The molecule has 2 aromatic rings. The zero-order valence-electron chi connectivity index (χ0n) is 18.9. The van der Waals surface area contributed by atoms with Gasteiger partial charge in [0, 0.05) is 51.0 Å². The van der Waals surface area contributed by atoms with Crippen molar-refractivity contribution in [2.45, 2.75) is 26.9 Å². The van der Waals surface area contributed by atoms with E-state index < -0.39 is 11.7 Å². The Morgan fingerprint density at radius 2 is 1.78 bits per heavy atom. The molecule has 1 fully saturated rings. The normalized spacial score (nSPS) is 14.8. The van der Waals surface area contributed by atoms with Crippen LogP contribution >= 0.6 is 0 Å². The van der Waals surface area contributed by atoms with Gasteiger partial charge in [0.2, 0.25) is 0 Å². The molecule has 2 aromatic carbocycles. The molecule has 0 saturated carbocycles. The Morgan fingerprint density at radius 3 is 2.41 bits per heavy atom. The largest absolute Gasteiger partial charge is 0.416 e. The maximum Gasteiger partial charge on any atom is 0.416 e. The van der Waals surface area contributed by atoms with Crippen LogP contribution in [-0.4, -0.2) is 61.8 Å². The number of piperazine rings is 1. The molecule has 32 heavy (non-hydrogen) atoms. The molecule has 0 N–H and O–H groups in total. The van der Waals surface area contributed by atoms with Gasteiger partial charge in [-0.1, -0.05) is 6.07 Å². The number of carbonyl (C=O) groups excluding carboxylic acids is 1. The van der Waals surface area contributed by atoms with Gasteiger partial charge in [0.15, 0.2) is 0 Å². The van der Waals surface area contributed by atoms with Crippen molar-refractivity contribution in [3.05, 3.63) is 58.7 Å². The molecule has 3 rings (SSSR count). The maximum absolute atomic E-state index is 13.1. The number of hydrogen-bond acceptors (Lipinski definition) is 3. The summed E-state index contributed by atoms with van der Waals surface area (Å²) in [7, 11) is 1.95. The van der Waals surface area contributed by atoms with Crippen LogP contribution in [0.3, 0.4) is 0 Å². The number of nitrogens with zero attached hydrogens (tertiary/aromatic N) is 4. The van der Waals surface area contributed by atoms with E-state index in [2.05, 4.69) is 4.99 Å². The number of halogens is 3. The van der Waals surface area contributed by atoms with Gasteiger partial charge in [-0.15, -0.1) is 0 Å². The van der Waals surface area contributed by atoms with Crippen molar-refractivity contribution in [1.29, 1.82) is 0 Å². The first kappa shape index (κ1) is 23.6. The Hall–Kier alpha value is -3.03. The molecule has 0 atom stereocenters. The van der Waals surface area contributed by atoms with Crippen LogP contribution in [-0.2, 0) is 6.18 Å². The first-order chi connectivity index (χ1) is 15.1. The number of anilines is 1. The monoisotopic (exact) mass is 446 g/mol. The van der Waals surface area contributed by atoms with Crippen molar-refractivity contribution in [2.75, 3.05) is 44.7 Å². The summed E-state index contributed by atoms with van der Waals surface area (Å²) in [6.45, 7) is 8.59. The summed E-state index contributed by atoms with van der Waals surface area (Å²) < 4.78 is 39.0. The molecule has 1 heterocycles. The van der Waals surface area contributed by atoms with Gasteiger partial charge in [0.05, 0.1) is 17.6 Å². The van der Waals surface area contributed by atoms with Crippen molar-refractivity contribution in [3.63, 3.8) is 0 Å². The van der Waals surface area contributed by atoms with Crippen LogP contribution in [0.15, 0.2) is 41.4 Å². The van der Waals surface area contributed by atoms with Crippen molar-refractivity contribution in [3.8, 4) is 0 Å². The smallest absolute Gasteiger partial charge is 0.368 e. The van der Waals surface area contributed by atoms with Crippen molar-refractivity contribution >= 4 is 23.6 Å². The lowest BCUT2D eigenvalue weighted by atomic mass is 10.0. The molecule has 1 aliphatic heterocycles. The molecule has 5 nitrogen and oxygen atoms in total. The highest BCUT2D eigenvalue weighted by Crippen LogP contribution is 2.32. The molecule has 8 heteroatoms. The Labute approximate surface area is 187 Å². The minimum atomic E-state index is -4.37. The van der Waals surface area contributed by atoms with Gasteiger partial charge in [0.25, 0.3) is 5.91 Å². The number of alkyl halides is 3. The maximum atomic E-state index is 13.1. The van der Waals surface area contributed by atoms with Crippen molar-refractivity contribution < 1.29 is 18.0 Å². The van der Waals surface area contributed by atoms with E-state index in [0.717, 1.165) is 29.4 Å². The second-order valence-electron chi connectivity index (χ2n) is 8.10. The van der Waals surface area contributed by atoms with Gasteiger partial charge in [-0.05, 0) is 62.2 Å². The summed E-state index contributed by atoms with van der Waals surface area (Å²) in [6.07, 6.45) is -2.60. The predicted octanol–water partition coefficient (Wildman–Crippen LogP) is 4.90. The highest BCUT2D eigenvalue weighted by atomic mass is 19.4. The van der Waals surface area contributed by atoms with E-state index in [4.69, 9.17) is 0 Å². The summed E-state index contributed by atoms with van der Waals surface area (Å²) in [4.78, 5) is 23.3. The van der Waals surface area contributed by atoms with Gasteiger partial charge < -0.3 is 14.7 Å². The molecule has 1 amide bonds. The average molecular weight is 447 g/mol. The first-order valence-electron chi connectivity index (χ1n) is 10.7. The van der Waals surface area contributed by atoms with E-state index in [1.165, 1.54) is 12.1 Å². The van der Waals surface area contributed by atoms with Gasteiger partial charge in [0.1, 0.15) is 0 Å². The van der Waals surface area contributed by atoms with Gasteiger partial charge >= 0.3 is 6.18 Å². The number of hydrogen-bond donors (Lipinski definition) is 0. The SMILES string of the molecule is CCN(C)C=Nc1cc(C)c(C(=O)N2CCN(c3cccc(C(F)(F)F)c3)CC2)cc1C. The summed E-state index contributed by atoms with van der Waals surface area (Å²) in [6, 6.07) is 9.12. The lowest BCUT2D eigenvalue weighted by Crippen LogP contribution is -2.49. The minimum Gasteiger partial charge on any atom is -0.368 e. The number of aryl methyl sites for hydroxylation is 2. The topological polar surface area (TPSA) is 39.2 Å². The molecule has 0 spiro atoms. The van der Waals surface area contributed by atoms with Crippen LogP contribution < -0.4 is 4.90 Å². The van der Waals surface area contributed by atoms with E-state index in [-0.39, 0.29) is 5.91 Å². The van der Waals surface area contributed by atoms with Crippen molar-refractivity contribution in [2.24, 2.45) is 4.99 Å². The van der Waals surface area contributed by atoms with E-state index in [1.807, 2.05) is 49.8 Å². The minimum absolute atomic E-state index is 0.0597. The molecule has 1 aliphatic rings. The molecule has 0 unspecified atom stereocenters. The standard InChI is InChI=1S/C24H29F3N4O/c1-5-29(4)16-28-22-14-17(2)21(13-18(22)3)23(32)31-11-9-30(10-12-31)20-8-6-7-19(15-20)24(25,26)27/h6-8,13-16H,5,9-12H2,1-4H3. The van der Waals surface area contributed by atoms with Crippen LogP contribution in [0.25, 0.3) is 0 Å². The van der Waals surface area contributed by atoms with Crippen LogP contribution in [0.2, 0.25) is 0 Å². The van der Waals surface area contributed by atoms with Gasteiger partial charge in [-0.25, -0.2) is 4.99 Å². The fourth-order valence-electron chi connectivity index (χ4n) is 3.63. The van der Waals surface area contributed by atoms with Crippen LogP contribution in [0.4, 0.5) is 24.5 Å². The van der Waals surface area contributed by atoms with Crippen LogP contribution in [0.1, 0.15) is 34.0 Å². The highest BCUT2D eigenvalue weighted by Gasteiger charge is 2.31. The fourth-order valence-corrected chi connectivity index (χ4v) is 3.63. The van der Waals surface area contributed by atoms with Crippen LogP contribution in [0, 0.1) is 13.8 Å². The third kappa shape index (κ3) is 5.41. The molecule has 0 radical (unpaired) electrons. The molecular formula is C24H29F3N4O. The fraction of sp³-hybridized carbons (Fsp3) is 0.417. The highest BCUT2D eigenvalue weighted by molar-refractivity contribution is 5.96. The number of amides is 1. The van der Waals surface area contributed by atoms with E-state index in [1.54, 1.807) is 17.3 Å². The van der Waals surface area contributed by atoms with E-state index in [0.29, 0.717) is 37.4 Å². The summed E-state index contributed by atoms with van der Waals surface area (Å²) >= 11 is 0. The molecule has 1 saturated heterocycles. The lowest BCUT2D eigenvalue weighted by molar-refractivity contribution is -0.137. The summed E-state index contributed by atoms with van der Waals surface area (Å²) in [5.41, 5.74) is 3.10. The second kappa shape index (κ2) is 9.63. The second-order valence-corrected chi connectivity index (χ2v) is 8.10. The average Bonchev–Trinajstić information content (AvgIpc) is 2.78. The zero-order valence-corrected chi connectivity index (χ0v) is 18.9. The third-order valence-electron chi connectivity index (χ3n) is 5.77. The Bertz CT molecular complexity index is 995. The first-order valence-corrected chi connectivity index (χ1v) is 10.7. The lowest BCUT2D eigenvalue weighted by Gasteiger charge is -2.36. The van der Waals surface area contributed by atoms with Gasteiger partial charge in [-0.2, -0.15) is 13.2 Å². The number of carbonyl (C=O) groups is 1. The molecule has 0 aromatic heterocycles. The van der Waals surface area contributed by atoms with Crippen LogP contribution in [0.5, 0.6) is 0 Å². The number of aliphatic imine (C=N–C) groups is 1. The van der Waals surface area contributed by atoms with E-state index >= 15 is 0 Å². The number of rotatable bonds is 5. The Balaban J connectivity index is 1.69. The number of benzene rings is 2. The molecule has 0 bridgehead atoms. The third-order valence-corrected chi connectivity index (χ3v) is 5.77. The van der Waals surface area contributed by atoms with Crippen molar-refractivity contribution in [1.82, 2.24) is 9.80 Å². The molecular weight excluding hydrogens is 417 g/mol. The Morgan fingerprint density at radius 1 is 1.09 bits per heavy atom. The zero-order chi connectivity index (χ0) is 23.5. The van der Waals surface area contributed by atoms with Gasteiger partial charge in [-0.3, -0.25) is 4.79 Å².